The highest BCUT2D eigenvalue weighted by Crippen LogP contribution is 2.39. The standard InChI is InChI=1S/C35H33NO6/c1-39-28-7-3-5-24(17-28)20-36-32-16-15-30(42-22-25-6-4-8-29(18-25)40-2)19-31(32)33(34(36)35(37)38)26-11-13-27(14-12-26)41-21-23-9-10-23/h3-8,11-19,23H,9-10,20-22H2,1-2H3,(H,37,38). The van der Waals surface area contributed by atoms with E-state index in [-0.39, 0.29) is 5.69 Å². The largest absolute Gasteiger partial charge is 0.497 e. The number of carboxylic acids is 1. The van der Waals surface area contributed by atoms with Crippen LogP contribution in [0, 0.1) is 5.92 Å². The van der Waals surface area contributed by atoms with Gasteiger partial charge in [-0.25, -0.2) is 4.79 Å². The van der Waals surface area contributed by atoms with Crippen LogP contribution < -0.4 is 18.9 Å². The zero-order valence-corrected chi connectivity index (χ0v) is 23.7. The summed E-state index contributed by atoms with van der Waals surface area (Å²) in [5.41, 5.74) is 4.35. The summed E-state index contributed by atoms with van der Waals surface area (Å²) in [5.74, 6) is 2.55. The third-order valence-electron chi connectivity index (χ3n) is 7.58. The van der Waals surface area contributed by atoms with Gasteiger partial charge in [-0.05, 0) is 90.0 Å². The molecular formula is C35H33NO6. The molecule has 1 heterocycles. The lowest BCUT2D eigenvalue weighted by Gasteiger charge is -2.11. The topological polar surface area (TPSA) is 79.2 Å². The van der Waals surface area contributed by atoms with Crippen molar-refractivity contribution < 1.29 is 28.8 Å². The molecular weight excluding hydrogens is 530 g/mol. The van der Waals surface area contributed by atoms with E-state index in [0.717, 1.165) is 44.8 Å². The van der Waals surface area contributed by atoms with Gasteiger partial charge in [-0.2, -0.15) is 0 Å². The molecule has 214 valence electrons. The van der Waals surface area contributed by atoms with E-state index >= 15 is 0 Å². The number of benzene rings is 4. The molecule has 0 radical (unpaired) electrons. The molecule has 0 unspecified atom stereocenters. The van der Waals surface area contributed by atoms with Gasteiger partial charge in [-0.15, -0.1) is 0 Å². The monoisotopic (exact) mass is 563 g/mol. The molecule has 0 atom stereocenters. The van der Waals surface area contributed by atoms with Crippen molar-refractivity contribution in [2.24, 2.45) is 5.92 Å². The Balaban J connectivity index is 1.42. The molecule has 1 fully saturated rings. The molecule has 6 rings (SSSR count). The summed E-state index contributed by atoms with van der Waals surface area (Å²) in [6, 6.07) is 28.8. The van der Waals surface area contributed by atoms with E-state index < -0.39 is 5.97 Å². The second-order valence-corrected chi connectivity index (χ2v) is 10.6. The van der Waals surface area contributed by atoms with Crippen molar-refractivity contribution in [3.63, 3.8) is 0 Å². The molecule has 7 heteroatoms. The Labute approximate surface area is 244 Å². The highest BCUT2D eigenvalue weighted by atomic mass is 16.5. The van der Waals surface area contributed by atoms with Crippen molar-refractivity contribution in [2.45, 2.75) is 26.0 Å². The lowest BCUT2D eigenvalue weighted by molar-refractivity contribution is 0.0687. The Hall–Kier alpha value is -4.91. The van der Waals surface area contributed by atoms with Gasteiger partial charge in [-0.1, -0.05) is 36.4 Å². The number of aromatic carboxylic acids is 1. The average molecular weight is 564 g/mol. The fourth-order valence-electron chi connectivity index (χ4n) is 5.20. The zero-order valence-electron chi connectivity index (χ0n) is 23.7. The first-order valence-corrected chi connectivity index (χ1v) is 14.0. The fraction of sp³-hybridized carbons (Fsp3) is 0.229. The highest BCUT2D eigenvalue weighted by molar-refractivity contribution is 6.08. The average Bonchev–Trinajstić information content (AvgIpc) is 3.80. The Morgan fingerprint density at radius 2 is 1.45 bits per heavy atom. The fourth-order valence-corrected chi connectivity index (χ4v) is 5.20. The number of carboxylic acid groups (broad SMARTS) is 1. The maximum atomic E-state index is 12.9. The van der Waals surface area contributed by atoms with Gasteiger partial charge in [0.2, 0.25) is 0 Å². The number of fused-ring (bicyclic) bond motifs is 1. The molecule has 0 amide bonds. The van der Waals surface area contributed by atoms with Crippen LogP contribution in [0.15, 0.2) is 91.0 Å². The lowest BCUT2D eigenvalue weighted by Crippen LogP contribution is -2.10. The van der Waals surface area contributed by atoms with E-state index in [1.54, 1.807) is 14.2 Å². The van der Waals surface area contributed by atoms with Gasteiger partial charge in [0.05, 0.1) is 20.8 Å². The molecule has 7 nitrogen and oxygen atoms in total. The van der Waals surface area contributed by atoms with Crippen LogP contribution in [0.4, 0.5) is 0 Å². The van der Waals surface area contributed by atoms with E-state index in [1.807, 2.05) is 95.6 Å². The Morgan fingerprint density at radius 1 is 0.786 bits per heavy atom. The molecule has 0 bridgehead atoms. The lowest BCUT2D eigenvalue weighted by atomic mass is 10.0. The highest BCUT2D eigenvalue weighted by Gasteiger charge is 2.25. The number of ether oxygens (including phenoxy) is 4. The van der Waals surface area contributed by atoms with Gasteiger partial charge in [0, 0.05) is 23.0 Å². The molecule has 0 saturated heterocycles. The minimum atomic E-state index is -1.00. The molecule has 1 saturated carbocycles. The number of methoxy groups -OCH3 is 2. The van der Waals surface area contributed by atoms with E-state index in [4.69, 9.17) is 18.9 Å². The van der Waals surface area contributed by atoms with E-state index in [0.29, 0.717) is 37.0 Å². The zero-order chi connectivity index (χ0) is 29.1. The summed E-state index contributed by atoms with van der Waals surface area (Å²) in [6.45, 7) is 1.43. The summed E-state index contributed by atoms with van der Waals surface area (Å²) < 4.78 is 24.7. The van der Waals surface area contributed by atoms with Gasteiger partial charge in [0.15, 0.2) is 0 Å². The second kappa shape index (κ2) is 11.9. The normalized spacial score (nSPS) is 12.7. The Kier molecular flexibility index (Phi) is 7.73. The first-order valence-electron chi connectivity index (χ1n) is 14.0. The van der Waals surface area contributed by atoms with Gasteiger partial charge < -0.3 is 28.6 Å². The molecule has 0 aliphatic heterocycles. The van der Waals surface area contributed by atoms with Crippen LogP contribution in [0.5, 0.6) is 23.0 Å². The SMILES string of the molecule is COc1cccc(COc2ccc3c(c2)c(-c2ccc(OCC4CC4)cc2)c(C(=O)O)n3Cc2cccc(OC)c2)c1. The summed E-state index contributed by atoms with van der Waals surface area (Å²) in [4.78, 5) is 12.9. The van der Waals surface area contributed by atoms with Crippen LogP contribution in [0.25, 0.3) is 22.0 Å². The number of carbonyl (C=O) groups is 1. The summed E-state index contributed by atoms with van der Waals surface area (Å²) >= 11 is 0. The first kappa shape index (κ1) is 27.3. The van der Waals surface area contributed by atoms with Crippen molar-refractivity contribution in [2.75, 3.05) is 20.8 Å². The number of nitrogens with zero attached hydrogens (tertiary/aromatic N) is 1. The quantitative estimate of drug-likeness (QED) is 0.170. The van der Waals surface area contributed by atoms with Gasteiger partial charge in [0.1, 0.15) is 35.3 Å². The maximum Gasteiger partial charge on any atom is 0.353 e. The number of hydrogen-bond donors (Lipinski definition) is 1. The van der Waals surface area contributed by atoms with E-state index in [2.05, 4.69) is 0 Å². The number of aromatic nitrogens is 1. The second-order valence-electron chi connectivity index (χ2n) is 10.6. The Morgan fingerprint density at radius 3 is 2.12 bits per heavy atom. The summed E-state index contributed by atoms with van der Waals surface area (Å²) in [6.07, 6.45) is 2.43. The van der Waals surface area contributed by atoms with Gasteiger partial charge in [-0.3, -0.25) is 0 Å². The van der Waals surface area contributed by atoms with Crippen LogP contribution in [0.2, 0.25) is 0 Å². The molecule has 42 heavy (non-hydrogen) atoms. The molecule has 1 N–H and O–H groups in total. The number of rotatable bonds is 12. The molecule has 1 aromatic heterocycles. The van der Waals surface area contributed by atoms with Crippen LogP contribution in [-0.4, -0.2) is 36.5 Å². The van der Waals surface area contributed by atoms with Crippen molar-refractivity contribution in [3.05, 3.63) is 108 Å². The van der Waals surface area contributed by atoms with Crippen molar-refractivity contribution in [1.82, 2.24) is 4.57 Å². The van der Waals surface area contributed by atoms with Crippen LogP contribution in [-0.2, 0) is 13.2 Å². The minimum Gasteiger partial charge on any atom is -0.497 e. The minimum absolute atomic E-state index is 0.212. The molecule has 1 aliphatic rings. The van der Waals surface area contributed by atoms with Gasteiger partial charge in [0.25, 0.3) is 0 Å². The van der Waals surface area contributed by atoms with Crippen molar-refractivity contribution >= 4 is 16.9 Å². The first-order chi connectivity index (χ1) is 20.5. The smallest absolute Gasteiger partial charge is 0.353 e. The van der Waals surface area contributed by atoms with E-state index in [9.17, 15) is 9.90 Å². The maximum absolute atomic E-state index is 12.9. The van der Waals surface area contributed by atoms with Crippen LogP contribution in [0.3, 0.4) is 0 Å². The van der Waals surface area contributed by atoms with Crippen LogP contribution >= 0.6 is 0 Å². The molecule has 0 spiro atoms. The summed E-state index contributed by atoms with van der Waals surface area (Å²) in [7, 11) is 3.26. The third-order valence-corrected chi connectivity index (χ3v) is 7.58. The van der Waals surface area contributed by atoms with Gasteiger partial charge >= 0.3 is 5.97 Å². The predicted molar refractivity (Wildman–Crippen MR) is 162 cm³/mol. The van der Waals surface area contributed by atoms with Crippen molar-refractivity contribution in [3.8, 4) is 34.1 Å². The molecule has 1 aliphatic carbocycles. The summed E-state index contributed by atoms with van der Waals surface area (Å²) in [5, 5.41) is 11.3. The molecule has 4 aromatic carbocycles. The van der Waals surface area contributed by atoms with E-state index in [1.165, 1.54) is 12.8 Å². The van der Waals surface area contributed by atoms with Crippen LogP contribution in [0.1, 0.15) is 34.5 Å². The molecule has 5 aromatic rings. The number of hydrogen-bond acceptors (Lipinski definition) is 5. The Bertz CT molecular complexity index is 1720. The third kappa shape index (κ3) is 5.91. The van der Waals surface area contributed by atoms with Crippen molar-refractivity contribution in [1.29, 1.82) is 0 Å². The predicted octanol–water partition coefficient (Wildman–Crippen LogP) is 7.44.